The molecule has 6 nitrogen and oxygen atoms in total. The molecule has 9 heteroatoms. The second-order valence-electron chi connectivity index (χ2n) is 2.93. The average Bonchev–Trinajstić information content (AvgIpc) is 2.25. The minimum absolute atomic E-state index is 0.185. The molecule has 0 fully saturated rings. The number of pyridine rings is 1. The Kier molecular flexibility index (Phi) is 3.83. The zero-order valence-corrected chi connectivity index (χ0v) is 9.79. The Bertz CT molecular complexity index is 519. The molecule has 0 amide bonds. The maximum Gasteiger partial charge on any atom is 0.270 e. The van der Waals surface area contributed by atoms with Crippen molar-refractivity contribution in [2.24, 2.45) is 5.14 Å². The van der Waals surface area contributed by atoms with Crippen LogP contribution in [0.15, 0.2) is 11.0 Å². The second-order valence-corrected chi connectivity index (χ2v) is 4.46. The third-order valence-electron chi connectivity index (χ3n) is 1.89. The van der Waals surface area contributed by atoms with Gasteiger partial charge in [-0.1, -0.05) is 0 Å². The number of methoxy groups -OCH3 is 2. The molecule has 17 heavy (non-hydrogen) atoms. The molecule has 1 aromatic rings. The van der Waals surface area contributed by atoms with Crippen molar-refractivity contribution in [3.8, 4) is 11.8 Å². The van der Waals surface area contributed by atoms with Crippen LogP contribution in [0.5, 0.6) is 11.8 Å². The molecule has 0 spiro atoms. The first-order valence-corrected chi connectivity index (χ1v) is 5.79. The lowest BCUT2D eigenvalue weighted by molar-refractivity contribution is 0.141. The molecular weight excluding hydrogens is 258 g/mol. The minimum atomic E-state index is -4.32. The first kappa shape index (κ1) is 13.6. The first-order valence-electron chi connectivity index (χ1n) is 4.25. The number of nitrogens with two attached hydrogens (primary N) is 1. The number of nitrogens with zero attached hydrogens (tertiary/aromatic N) is 1. The number of halogens is 2. The molecule has 0 unspecified atom stereocenters. The third kappa shape index (κ3) is 2.80. The number of rotatable bonds is 4. The van der Waals surface area contributed by atoms with Crippen molar-refractivity contribution in [2.75, 3.05) is 14.2 Å². The van der Waals surface area contributed by atoms with Crippen LogP contribution in [-0.2, 0) is 10.0 Å². The van der Waals surface area contributed by atoms with E-state index in [-0.39, 0.29) is 5.88 Å². The summed E-state index contributed by atoms with van der Waals surface area (Å²) in [4.78, 5) is 2.79. The lowest BCUT2D eigenvalue weighted by Gasteiger charge is -2.12. The van der Waals surface area contributed by atoms with Gasteiger partial charge in [0.2, 0.25) is 21.8 Å². The van der Waals surface area contributed by atoms with E-state index in [9.17, 15) is 17.2 Å². The summed E-state index contributed by atoms with van der Waals surface area (Å²) in [6.45, 7) is 0. The summed E-state index contributed by atoms with van der Waals surface area (Å²) in [5.41, 5.74) is -0.879. The van der Waals surface area contributed by atoms with Crippen LogP contribution >= 0.6 is 0 Å². The van der Waals surface area contributed by atoms with Crippen molar-refractivity contribution >= 4 is 10.0 Å². The fraction of sp³-hybridized carbons (Fsp3) is 0.375. The van der Waals surface area contributed by atoms with Crippen molar-refractivity contribution in [3.05, 3.63) is 11.6 Å². The molecule has 1 rings (SSSR count). The number of ether oxygens (including phenoxy) is 2. The monoisotopic (exact) mass is 268 g/mol. The summed E-state index contributed by atoms with van der Waals surface area (Å²) in [5, 5.41) is 4.84. The van der Waals surface area contributed by atoms with Gasteiger partial charge in [-0.3, -0.25) is 0 Å². The summed E-state index contributed by atoms with van der Waals surface area (Å²) in [6.07, 6.45) is -3.09. The van der Waals surface area contributed by atoms with E-state index < -0.39 is 32.8 Å². The van der Waals surface area contributed by atoms with E-state index in [4.69, 9.17) is 5.14 Å². The van der Waals surface area contributed by atoms with Gasteiger partial charge in [0.1, 0.15) is 10.5 Å². The molecule has 0 aliphatic rings. The van der Waals surface area contributed by atoms with Gasteiger partial charge >= 0.3 is 0 Å². The number of alkyl halides is 2. The summed E-state index contributed by atoms with van der Waals surface area (Å²) in [5.74, 6) is -0.723. The van der Waals surface area contributed by atoms with Gasteiger partial charge in [0.15, 0.2) is 0 Å². The topological polar surface area (TPSA) is 91.5 Å². The van der Waals surface area contributed by atoms with E-state index in [0.717, 1.165) is 13.2 Å². The molecule has 0 bridgehead atoms. The summed E-state index contributed by atoms with van der Waals surface area (Å²) in [6, 6.07) is 0.819. The van der Waals surface area contributed by atoms with Crippen LogP contribution in [-0.4, -0.2) is 27.6 Å². The number of hydrogen-bond acceptors (Lipinski definition) is 5. The van der Waals surface area contributed by atoms with Gasteiger partial charge in [-0.2, -0.15) is 4.98 Å². The van der Waals surface area contributed by atoms with Gasteiger partial charge in [-0.25, -0.2) is 22.3 Å². The second kappa shape index (κ2) is 4.80. The van der Waals surface area contributed by atoms with Gasteiger partial charge in [0.05, 0.1) is 14.2 Å². The van der Waals surface area contributed by atoms with E-state index >= 15 is 0 Å². The molecule has 0 aromatic carbocycles. The van der Waals surface area contributed by atoms with Gasteiger partial charge in [0.25, 0.3) is 6.43 Å². The standard InChI is InChI=1S/C8H10F2N2O4S/c1-15-5-3-4(17(11,13)14)6(7(9)10)8(12-5)16-2/h3,7H,1-2H3,(H2,11,13,14). The Morgan fingerprint density at radius 1 is 1.35 bits per heavy atom. The van der Waals surface area contributed by atoms with E-state index in [2.05, 4.69) is 14.5 Å². The molecule has 1 aromatic heterocycles. The highest BCUT2D eigenvalue weighted by atomic mass is 32.2. The highest BCUT2D eigenvalue weighted by Crippen LogP contribution is 2.35. The van der Waals surface area contributed by atoms with Crippen LogP contribution < -0.4 is 14.6 Å². The highest BCUT2D eigenvalue weighted by Gasteiger charge is 2.27. The van der Waals surface area contributed by atoms with E-state index in [0.29, 0.717) is 0 Å². The zero-order valence-electron chi connectivity index (χ0n) is 8.98. The average molecular weight is 268 g/mol. The quantitative estimate of drug-likeness (QED) is 0.867. The van der Waals surface area contributed by atoms with Crippen LogP contribution in [0.25, 0.3) is 0 Å². The lowest BCUT2D eigenvalue weighted by Crippen LogP contribution is -2.16. The number of primary sulfonamides is 1. The zero-order chi connectivity index (χ0) is 13.2. The van der Waals surface area contributed by atoms with Gasteiger partial charge in [0, 0.05) is 6.07 Å². The smallest absolute Gasteiger partial charge is 0.270 e. The Balaban J connectivity index is 3.64. The molecular formula is C8H10F2N2O4S. The fourth-order valence-corrected chi connectivity index (χ4v) is 1.93. The van der Waals surface area contributed by atoms with Crippen LogP contribution in [0.3, 0.4) is 0 Å². The van der Waals surface area contributed by atoms with Crippen LogP contribution in [0.2, 0.25) is 0 Å². The molecule has 0 radical (unpaired) electrons. The summed E-state index contributed by atoms with van der Waals surface area (Å²) >= 11 is 0. The lowest BCUT2D eigenvalue weighted by atomic mass is 10.3. The van der Waals surface area contributed by atoms with Gasteiger partial charge < -0.3 is 9.47 Å². The molecule has 2 N–H and O–H groups in total. The Labute approximate surface area is 96.4 Å². The van der Waals surface area contributed by atoms with E-state index in [1.807, 2.05) is 0 Å². The van der Waals surface area contributed by atoms with Crippen LogP contribution in [0.1, 0.15) is 12.0 Å². The Hall–Kier alpha value is -1.48. The first-order chi connectivity index (χ1) is 7.81. The molecule has 1 heterocycles. The van der Waals surface area contributed by atoms with Crippen molar-refractivity contribution in [1.29, 1.82) is 0 Å². The van der Waals surface area contributed by atoms with Crippen molar-refractivity contribution < 1.29 is 26.7 Å². The van der Waals surface area contributed by atoms with Gasteiger partial charge in [-0.05, 0) is 0 Å². The van der Waals surface area contributed by atoms with Crippen LogP contribution in [0, 0.1) is 0 Å². The number of sulfonamides is 1. The largest absolute Gasteiger partial charge is 0.481 e. The summed E-state index contributed by atoms with van der Waals surface area (Å²) in [7, 11) is -2.03. The maximum atomic E-state index is 12.8. The van der Waals surface area contributed by atoms with Crippen LogP contribution in [0.4, 0.5) is 8.78 Å². The number of aromatic nitrogens is 1. The predicted molar refractivity (Wildman–Crippen MR) is 53.7 cm³/mol. The van der Waals surface area contributed by atoms with Crippen molar-refractivity contribution in [2.45, 2.75) is 11.3 Å². The molecule has 0 saturated carbocycles. The molecule has 96 valence electrons. The fourth-order valence-electron chi connectivity index (χ4n) is 1.18. The van der Waals surface area contributed by atoms with E-state index in [1.54, 1.807) is 0 Å². The summed E-state index contributed by atoms with van der Waals surface area (Å²) < 4.78 is 57.2. The Morgan fingerprint density at radius 2 is 1.94 bits per heavy atom. The van der Waals surface area contributed by atoms with Crippen molar-refractivity contribution in [1.82, 2.24) is 4.98 Å². The highest BCUT2D eigenvalue weighted by molar-refractivity contribution is 7.89. The Morgan fingerprint density at radius 3 is 2.29 bits per heavy atom. The molecule has 0 saturated heterocycles. The predicted octanol–water partition coefficient (Wildman–Crippen LogP) is 0.684. The van der Waals surface area contributed by atoms with Gasteiger partial charge in [-0.15, -0.1) is 0 Å². The number of hydrogen-bond donors (Lipinski definition) is 1. The SMILES string of the molecule is COc1cc(S(N)(=O)=O)c(C(F)F)c(OC)n1. The van der Waals surface area contributed by atoms with E-state index in [1.165, 1.54) is 7.11 Å². The minimum Gasteiger partial charge on any atom is -0.481 e. The maximum absolute atomic E-state index is 12.8. The third-order valence-corrected chi connectivity index (χ3v) is 2.84. The molecule has 0 atom stereocenters. The van der Waals surface area contributed by atoms with Crippen molar-refractivity contribution in [3.63, 3.8) is 0 Å². The molecule has 0 aliphatic carbocycles. The molecule has 0 aliphatic heterocycles. The normalized spacial score (nSPS) is 11.6.